The summed E-state index contributed by atoms with van der Waals surface area (Å²) >= 11 is 1.64. The Morgan fingerprint density at radius 2 is 1.68 bits per heavy atom. The molecule has 0 saturated heterocycles. The number of aromatic nitrogens is 2. The molecule has 4 nitrogen and oxygen atoms in total. The van der Waals surface area contributed by atoms with Gasteiger partial charge >= 0.3 is 0 Å². The molecule has 0 aliphatic carbocycles. The predicted molar refractivity (Wildman–Crippen MR) is 103 cm³/mol. The lowest BCUT2D eigenvalue weighted by Crippen LogP contribution is -2.15. The van der Waals surface area contributed by atoms with Crippen LogP contribution in [-0.2, 0) is 0 Å². The number of anilines is 1. The van der Waals surface area contributed by atoms with Crippen LogP contribution in [0.4, 0.5) is 5.82 Å². The maximum atomic E-state index is 9.79. The van der Waals surface area contributed by atoms with Crippen LogP contribution in [0, 0.1) is 0 Å². The minimum absolute atomic E-state index is 0.00874. The van der Waals surface area contributed by atoms with Crippen LogP contribution < -0.4 is 5.32 Å². The Morgan fingerprint density at radius 3 is 2.40 bits per heavy atom. The van der Waals surface area contributed by atoms with Gasteiger partial charge in [-0.3, -0.25) is 0 Å². The first-order valence-electron chi connectivity index (χ1n) is 8.07. The zero-order valence-electron chi connectivity index (χ0n) is 13.5. The van der Waals surface area contributed by atoms with Gasteiger partial charge in [-0.2, -0.15) is 0 Å². The fraction of sp³-hybridized carbons (Fsp3) is 0.100. The molecule has 5 heteroatoms. The molecule has 0 amide bonds. The van der Waals surface area contributed by atoms with Crippen molar-refractivity contribution in [1.29, 1.82) is 0 Å². The Bertz CT molecular complexity index is 970. The molecule has 4 rings (SSSR count). The summed E-state index contributed by atoms with van der Waals surface area (Å²) in [5.74, 6) is 0.742. The molecule has 0 saturated carbocycles. The lowest BCUT2D eigenvalue weighted by Gasteiger charge is -2.17. The van der Waals surface area contributed by atoms with Gasteiger partial charge in [0.2, 0.25) is 0 Å². The van der Waals surface area contributed by atoms with Gasteiger partial charge in [0.1, 0.15) is 17.0 Å². The van der Waals surface area contributed by atoms with Crippen LogP contribution in [-0.4, -0.2) is 21.7 Å². The van der Waals surface area contributed by atoms with Crippen molar-refractivity contribution in [3.63, 3.8) is 0 Å². The monoisotopic (exact) mass is 347 g/mol. The van der Waals surface area contributed by atoms with E-state index in [-0.39, 0.29) is 12.6 Å². The van der Waals surface area contributed by atoms with Crippen molar-refractivity contribution in [3.8, 4) is 10.4 Å². The molecule has 2 aromatic heterocycles. The quantitative estimate of drug-likeness (QED) is 0.558. The second-order valence-electron chi connectivity index (χ2n) is 5.71. The van der Waals surface area contributed by atoms with Crippen LogP contribution >= 0.6 is 11.3 Å². The average molecular weight is 347 g/mol. The molecule has 2 N–H and O–H groups in total. The van der Waals surface area contributed by atoms with Crippen molar-refractivity contribution in [2.75, 3.05) is 11.9 Å². The highest BCUT2D eigenvalue weighted by Gasteiger charge is 2.15. The van der Waals surface area contributed by atoms with E-state index in [4.69, 9.17) is 0 Å². The Morgan fingerprint density at radius 1 is 0.960 bits per heavy atom. The van der Waals surface area contributed by atoms with Crippen molar-refractivity contribution < 1.29 is 5.11 Å². The first kappa shape index (κ1) is 15.7. The molecule has 25 heavy (non-hydrogen) atoms. The zero-order chi connectivity index (χ0) is 17.1. The second-order valence-corrected chi connectivity index (χ2v) is 6.74. The molecule has 0 fully saturated rings. The van der Waals surface area contributed by atoms with Gasteiger partial charge in [-0.1, -0.05) is 60.7 Å². The van der Waals surface area contributed by atoms with Gasteiger partial charge in [0.05, 0.1) is 18.0 Å². The highest BCUT2D eigenvalue weighted by Crippen LogP contribution is 2.35. The molecule has 0 unspecified atom stereocenters. The Kier molecular flexibility index (Phi) is 4.41. The number of aliphatic hydroxyl groups excluding tert-OH is 1. The third-order valence-corrected chi connectivity index (χ3v) is 5.18. The predicted octanol–water partition coefficient (Wildman–Crippen LogP) is 4.50. The van der Waals surface area contributed by atoms with E-state index in [0.717, 1.165) is 26.5 Å². The maximum Gasteiger partial charge on any atom is 0.138 e. The maximum absolute atomic E-state index is 9.79. The van der Waals surface area contributed by atoms with Gasteiger partial charge in [0.15, 0.2) is 0 Å². The number of hydrogen-bond acceptors (Lipinski definition) is 5. The van der Waals surface area contributed by atoms with Crippen LogP contribution in [0.15, 0.2) is 73.1 Å². The van der Waals surface area contributed by atoms with Gasteiger partial charge in [0, 0.05) is 4.88 Å². The highest BCUT2D eigenvalue weighted by molar-refractivity contribution is 7.21. The Hall–Kier alpha value is -2.76. The van der Waals surface area contributed by atoms with Gasteiger partial charge in [0.25, 0.3) is 0 Å². The summed E-state index contributed by atoms with van der Waals surface area (Å²) in [6, 6.07) is 22.0. The van der Waals surface area contributed by atoms with E-state index in [9.17, 15) is 5.11 Å². The fourth-order valence-electron chi connectivity index (χ4n) is 2.80. The lowest BCUT2D eigenvalue weighted by molar-refractivity contribution is 0.276. The second kappa shape index (κ2) is 7.01. The van der Waals surface area contributed by atoms with E-state index in [1.807, 2.05) is 48.5 Å². The van der Waals surface area contributed by atoms with Crippen LogP contribution in [0.3, 0.4) is 0 Å². The zero-order valence-corrected chi connectivity index (χ0v) is 14.3. The normalized spacial score (nSPS) is 12.2. The summed E-state index contributed by atoms with van der Waals surface area (Å²) in [4.78, 5) is 10.9. The summed E-state index contributed by atoms with van der Waals surface area (Å²) in [6.07, 6.45) is 1.56. The molecule has 0 radical (unpaired) electrons. The van der Waals surface area contributed by atoms with E-state index in [1.165, 1.54) is 5.56 Å². The largest absolute Gasteiger partial charge is 0.394 e. The number of thiophene rings is 1. The summed E-state index contributed by atoms with van der Waals surface area (Å²) in [5.41, 5.74) is 2.19. The third kappa shape index (κ3) is 3.24. The molecule has 0 aliphatic heterocycles. The first-order valence-corrected chi connectivity index (χ1v) is 8.89. The van der Waals surface area contributed by atoms with Gasteiger partial charge in [-0.15, -0.1) is 11.3 Å². The number of benzene rings is 2. The number of hydrogen-bond donors (Lipinski definition) is 2. The minimum Gasteiger partial charge on any atom is -0.394 e. The van der Waals surface area contributed by atoms with E-state index >= 15 is 0 Å². The number of aliphatic hydroxyl groups is 1. The SMILES string of the molecule is OC[C@@H](Nc1ncnc2sc(-c3ccccc3)cc12)c1ccccc1. The standard InChI is InChI=1S/C20H17N3OS/c24-12-17(14-7-3-1-4-8-14)23-19-16-11-18(15-9-5-2-6-10-15)25-20(16)22-13-21-19/h1-11,13,17,24H,12H2,(H,21,22,23)/t17-/m1/s1. The van der Waals surface area contributed by atoms with Crippen LogP contribution in [0.1, 0.15) is 11.6 Å². The molecule has 2 aromatic carbocycles. The summed E-state index contributed by atoms with van der Waals surface area (Å²) in [5, 5.41) is 14.1. The summed E-state index contributed by atoms with van der Waals surface area (Å²) < 4.78 is 0. The molecule has 4 aromatic rings. The first-order chi connectivity index (χ1) is 12.3. The van der Waals surface area contributed by atoms with Crippen molar-refractivity contribution in [1.82, 2.24) is 9.97 Å². The number of nitrogens with zero attached hydrogens (tertiary/aromatic N) is 2. The molecular formula is C20H17N3OS. The summed E-state index contributed by atoms with van der Waals surface area (Å²) in [7, 11) is 0. The number of rotatable bonds is 5. The van der Waals surface area contributed by atoms with Crippen molar-refractivity contribution in [3.05, 3.63) is 78.6 Å². The summed E-state index contributed by atoms with van der Waals surface area (Å²) in [6.45, 7) is -0.00874. The number of nitrogens with one attached hydrogen (secondary N) is 1. The minimum atomic E-state index is -0.209. The molecule has 0 spiro atoms. The van der Waals surface area contributed by atoms with Crippen molar-refractivity contribution >= 4 is 27.4 Å². The smallest absolute Gasteiger partial charge is 0.138 e. The Labute approximate surface area is 149 Å². The molecule has 1 atom stereocenters. The van der Waals surface area contributed by atoms with Crippen molar-refractivity contribution in [2.24, 2.45) is 0 Å². The highest BCUT2D eigenvalue weighted by atomic mass is 32.1. The van der Waals surface area contributed by atoms with Crippen LogP contribution in [0.2, 0.25) is 0 Å². The van der Waals surface area contributed by atoms with E-state index in [1.54, 1.807) is 17.7 Å². The number of fused-ring (bicyclic) bond motifs is 1. The fourth-order valence-corrected chi connectivity index (χ4v) is 3.80. The van der Waals surface area contributed by atoms with Crippen LogP contribution in [0.25, 0.3) is 20.7 Å². The van der Waals surface area contributed by atoms with E-state index < -0.39 is 0 Å². The Balaban J connectivity index is 1.71. The van der Waals surface area contributed by atoms with E-state index in [2.05, 4.69) is 33.5 Å². The van der Waals surface area contributed by atoms with Crippen molar-refractivity contribution in [2.45, 2.75) is 6.04 Å². The topological polar surface area (TPSA) is 58.0 Å². The van der Waals surface area contributed by atoms with Gasteiger partial charge in [-0.05, 0) is 17.2 Å². The van der Waals surface area contributed by atoms with Crippen LogP contribution in [0.5, 0.6) is 0 Å². The molecule has 124 valence electrons. The lowest BCUT2D eigenvalue weighted by atomic mass is 10.1. The molecule has 0 bridgehead atoms. The van der Waals surface area contributed by atoms with E-state index in [0.29, 0.717) is 0 Å². The third-order valence-electron chi connectivity index (χ3n) is 4.08. The molecule has 0 aliphatic rings. The van der Waals surface area contributed by atoms with Gasteiger partial charge < -0.3 is 10.4 Å². The van der Waals surface area contributed by atoms with Gasteiger partial charge in [-0.25, -0.2) is 9.97 Å². The average Bonchev–Trinajstić information content (AvgIpc) is 3.12. The molecule has 2 heterocycles. The molecular weight excluding hydrogens is 330 g/mol.